The molecule has 0 unspecified atom stereocenters. The van der Waals surface area contributed by atoms with Crippen LogP contribution in [0.2, 0.25) is 0 Å². The number of halogens is 1. The van der Waals surface area contributed by atoms with Crippen LogP contribution in [0.1, 0.15) is 20.7 Å². The fourth-order valence-electron chi connectivity index (χ4n) is 4.12. The number of carboxylic acids is 2. The zero-order valence-corrected chi connectivity index (χ0v) is 15.4. The fraction of sp³-hybridized carbons (Fsp3) is 0. The first-order chi connectivity index (χ1) is 13.0. The summed E-state index contributed by atoms with van der Waals surface area (Å²) in [5.74, 6) is -2.28. The second kappa shape index (κ2) is 5.41. The molecule has 0 bridgehead atoms. The summed E-state index contributed by atoms with van der Waals surface area (Å²) in [6, 6.07) is 16.5. The predicted octanol–water partition coefficient (Wildman–Crippen LogP) is 5.90. The van der Waals surface area contributed by atoms with Crippen LogP contribution in [-0.2, 0) is 0 Å². The highest BCUT2D eigenvalue weighted by molar-refractivity contribution is 9.10. The molecular weight excluding hydrogens is 408 g/mol. The van der Waals surface area contributed by atoms with Gasteiger partial charge < -0.3 is 10.2 Å². The minimum absolute atomic E-state index is 0.000682. The molecule has 4 nitrogen and oxygen atoms in total. The topological polar surface area (TPSA) is 74.6 Å². The molecule has 5 aromatic carbocycles. The number of carboxylic acid groups (broad SMARTS) is 2. The summed E-state index contributed by atoms with van der Waals surface area (Å²) in [7, 11) is 0. The quantitative estimate of drug-likeness (QED) is 0.276. The van der Waals surface area contributed by atoms with E-state index in [1.54, 1.807) is 12.1 Å². The van der Waals surface area contributed by atoms with Gasteiger partial charge in [-0.25, -0.2) is 9.59 Å². The maximum Gasteiger partial charge on any atom is 0.336 e. The Bertz CT molecular complexity index is 1370. The van der Waals surface area contributed by atoms with Crippen molar-refractivity contribution in [2.24, 2.45) is 0 Å². The lowest BCUT2D eigenvalue weighted by atomic mass is 9.86. The van der Waals surface area contributed by atoms with Crippen LogP contribution in [0.4, 0.5) is 0 Å². The van der Waals surface area contributed by atoms with Crippen molar-refractivity contribution in [3.05, 3.63) is 70.2 Å². The maximum atomic E-state index is 11.8. The van der Waals surface area contributed by atoms with Gasteiger partial charge in [-0.3, -0.25) is 0 Å². The molecule has 27 heavy (non-hydrogen) atoms. The molecular formula is C22H11BrO4. The lowest BCUT2D eigenvalue weighted by Gasteiger charge is -2.17. The Morgan fingerprint density at radius 3 is 1.67 bits per heavy atom. The van der Waals surface area contributed by atoms with E-state index in [9.17, 15) is 19.8 Å². The van der Waals surface area contributed by atoms with E-state index < -0.39 is 11.9 Å². The number of fused-ring (bicyclic) bond motifs is 2. The second-order valence-corrected chi connectivity index (χ2v) is 7.36. The molecule has 0 saturated carbocycles. The summed E-state index contributed by atoms with van der Waals surface area (Å²) in [5, 5.41) is 26.0. The van der Waals surface area contributed by atoms with E-state index in [0.29, 0.717) is 5.39 Å². The van der Waals surface area contributed by atoms with Gasteiger partial charge in [0, 0.05) is 9.86 Å². The van der Waals surface area contributed by atoms with Crippen molar-refractivity contribution in [2.45, 2.75) is 0 Å². The van der Waals surface area contributed by atoms with Crippen molar-refractivity contribution in [1.29, 1.82) is 0 Å². The molecule has 5 aromatic rings. The van der Waals surface area contributed by atoms with Gasteiger partial charge >= 0.3 is 11.9 Å². The summed E-state index contributed by atoms with van der Waals surface area (Å²) in [6.45, 7) is 0. The Labute approximate surface area is 161 Å². The zero-order valence-electron chi connectivity index (χ0n) is 13.8. The minimum Gasteiger partial charge on any atom is -0.478 e. The number of carbonyl (C=O) groups is 2. The molecule has 0 atom stereocenters. The number of rotatable bonds is 2. The van der Waals surface area contributed by atoms with Crippen LogP contribution in [-0.4, -0.2) is 22.2 Å². The van der Waals surface area contributed by atoms with Crippen molar-refractivity contribution < 1.29 is 19.8 Å². The Balaban J connectivity index is 2.20. The smallest absolute Gasteiger partial charge is 0.336 e. The first-order valence-electron chi connectivity index (χ1n) is 8.27. The molecule has 0 aliphatic rings. The van der Waals surface area contributed by atoms with Crippen LogP contribution in [0.3, 0.4) is 0 Å². The van der Waals surface area contributed by atoms with Gasteiger partial charge in [0.05, 0.1) is 11.1 Å². The highest BCUT2D eigenvalue weighted by atomic mass is 79.9. The van der Waals surface area contributed by atoms with Gasteiger partial charge in [-0.1, -0.05) is 52.3 Å². The van der Waals surface area contributed by atoms with Gasteiger partial charge in [-0.15, -0.1) is 0 Å². The Hall–Kier alpha value is -3.18. The molecule has 0 saturated heterocycles. The predicted molar refractivity (Wildman–Crippen MR) is 109 cm³/mol. The SMILES string of the molecule is O=C(O)c1ccc2c3cccc4c(Br)ccc(c5ccc(C(=O)O)c1c25)c43. The Morgan fingerprint density at radius 2 is 1.07 bits per heavy atom. The van der Waals surface area contributed by atoms with Crippen LogP contribution in [0.25, 0.3) is 43.1 Å². The average Bonchev–Trinajstić information content (AvgIpc) is 2.66. The van der Waals surface area contributed by atoms with Crippen LogP contribution in [0, 0.1) is 0 Å². The summed E-state index contributed by atoms with van der Waals surface area (Å²) < 4.78 is 0.979. The van der Waals surface area contributed by atoms with Gasteiger partial charge in [0.15, 0.2) is 0 Å². The largest absolute Gasteiger partial charge is 0.478 e. The molecule has 0 amide bonds. The molecule has 0 aromatic heterocycles. The third kappa shape index (κ3) is 2.03. The lowest BCUT2D eigenvalue weighted by molar-refractivity contribution is 0.0695. The standard InChI is InChI=1S/C22H11BrO4/c23-17-9-8-11-13-5-7-16(22(26)27)20-15(21(24)25)6-4-12(19(13)20)10-2-1-3-14(17)18(10)11/h1-9H,(H,24,25)(H,26,27). The number of benzene rings is 5. The molecule has 130 valence electrons. The van der Waals surface area contributed by atoms with Crippen molar-refractivity contribution in [3.8, 4) is 0 Å². The van der Waals surface area contributed by atoms with E-state index in [1.807, 2.05) is 30.3 Å². The normalized spacial score (nSPS) is 11.7. The summed E-state index contributed by atoms with van der Waals surface area (Å²) in [4.78, 5) is 23.6. The van der Waals surface area contributed by atoms with Crippen molar-refractivity contribution in [2.75, 3.05) is 0 Å². The van der Waals surface area contributed by atoms with Crippen LogP contribution in [0.5, 0.6) is 0 Å². The van der Waals surface area contributed by atoms with Crippen LogP contribution >= 0.6 is 15.9 Å². The first-order valence-corrected chi connectivity index (χ1v) is 9.06. The molecule has 2 N–H and O–H groups in total. The van der Waals surface area contributed by atoms with E-state index in [2.05, 4.69) is 15.9 Å². The molecule has 0 heterocycles. The highest BCUT2D eigenvalue weighted by Crippen LogP contribution is 2.43. The summed E-state index contributed by atoms with van der Waals surface area (Å²) in [5.41, 5.74) is 0.00136. The van der Waals surface area contributed by atoms with Crippen molar-refractivity contribution in [1.82, 2.24) is 0 Å². The third-order valence-electron chi connectivity index (χ3n) is 5.19. The Morgan fingerprint density at radius 1 is 0.593 bits per heavy atom. The van der Waals surface area contributed by atoms with Crippen LogP contribution < -0.4 is 0 Å². The molecule has 0 aliphatic carbocycles. The molecule has 5 heteroatoms. The van der Waals surface area contributed by atoms with Gasteiger partial charge in [0.1, 0.15) is 0 Å². The van der Waals surface area contributed by atoms with Crippen molar-refractivity contribution >= 4 is 71.0 Å². The molecule has 5 rings (SSSR count). The minimum atomic E-state index is -1.14. The van der Waals surface area contributed by atoms with E-state index in [4.69, 9.17) is 0 Å². The molecule has 0 fully saturated rings. The maximum absolute atomic E-state index is 11.8. The van der Waals surface area contributed by atoms with Gasteiger partial charge in [-0.05, 0) is 55.9 Å². The number of hydrogen-bond acceptors (Lipinski definition) is 2. The summed E-state index contributed by atoms with van der Waals surface area (Å²) >= 11 is 3.60. The molecule has 0 aliphatic heterocycles. The Kier molecular flexibility index (Phi) is 3.21. The van der Waals surface area contributed by atoms with Gasteiger partial charge in [0.25, 0.3) is 0 Å². The summed E-state index contributed by atoms with van der Waals surface area (Å²) in [6.07, 6.45) is 0. The van der Waals surface area contributed by atoms with Gasteiger partial charge in [-0.2, -0.15) is 0 Å². The lowest BCUT2D eigenvalue weighted by Crippen LogP contribution is -2.05. The average molecular weight is 419 g/mol. The monoisotopic (exact) mass is 418 g/mol. The molecule has 0 spiro atoms. The van der Waals surface area contributed by atoms with E-state index in [1.165, 1.54) is 12.1 Å². The zero-order chi connectivity index (χ0) is 18.9. The third-order valence-corrected chi connectivity index (χ3v) is 5.88. The number of hydrogen-bond donors (Lipinski definition) is 2. The number of aromatic carboxylic acids is 2. The second-order valence-electron chi connectivity index (χ2n) is 6.50. The van der Waals surface area contributed by atoms with E-state index in [0.717, 1.165) is 36.8 Å². The van der Waals surface area contributed by atoms with Crippen molar-refractivity contribution in [3.63, 3.8) is 0 Å². The van der Waals surface area contributed by atoms with Gasteiger partial charge in [0.2, 0.25) is 0 Å². The molecule has 0 radical (unpaired) electrons. The first kappa shape index (κ1) is 16.0. The highest BCUT2D eigenvalue weighted by Gasteiger charge is 2.22. The van der Waals surface area contributed by atoms with Crippen LogP contribution in [0.15, 0.2) is 59.1 Å². The van der Waals surface area contributed by atoms with E-state index >= 15 is 0 Å². The van der Waals surface area contributed by atoms with E-state index in [-0.39, 0.29) is 16.5 Å². The fourth-order valence-corrected chi connectivity index (χ4v) is 4.58.